The maximum absolute atomic E-state index is 12.2. The first kappa shape index (κ1) is 12.4. The highest BCUT2D eigenvalue weighted by Gasteiger charge is 2.25. The molecule has 19 heavy (non-hydrogen) atoms. The fourth-order valence-corrected chi connectivity index (χ4v) is 3.15. The van der Waals surface area contributed by atoms with E-state index in [4.69, 9.17) is 4.74 Å². The molecule has 0 saturated carbocycles. The first-order valence-corrected chi connectivity index (χ1v) is 7.46. The van der Waals surface area contributed by atoms with Gasteiger partial charge in [0.05, 0.1) is 12.5 Å². The van der Waals surface area contributed by atoms with Crippen LogP contribution < -0.4 is 4.74 Å². The van der Waals surface area contributed by atoms with Crippen molar-refractivity contribution in [3.05, 3.63) is 52.2 Å². The van der Waals surface area contributed by atoms with Crippen molar-refractivity contribution in [1.29, 1.82) is 0 Å². The van der Waals surface area contributed by atoms with Gasteiger partial charge in [-0.1, -0.05) is 24.3 Å². The van der Waals surface area contributed by atoms with Crippen molar-refractivity contribution in [1.82, 2.24) is 0 Å². The number of carbonyl (C=O) groups is 1. The SMILES string of the molecule is O=C(CCc1cccs1)C1COc2ccccc2C1. The Kier molecular flexibility index (Phi) is 3.65. The second-order valence-electron chi connectivity index (χ2n) is 4.87. The highest BCUT2D eigenvalue weighted by molar-refractivity contribution is 7.09. The number of carbonyl (C=O) groups excluding carboxylic acids is 1. The number of ether oxygens (including phenoxy) is 1. The van der Waals surface area contributed by atoms with Crippen molar-refractivity contribution >= 4 is 17.1 Å². The van der Waals surface area contributed by atoms with Crippen LogP contribution in [0.3, 0.4) is 0 Å². The summed E-state index contributed by atoms with van der Waals surface area (Å²) in [5, 5.41) is 2.06. The van der Waals surface area contributed by atoms with Gasteiger partial charge in [-0.15, -0.1) is 11.3 Å². The molecule has 0 amide bonds. The minimum atomic E-state index is 0.0230. The summed E-state index contributed by atoms with van der Waals surface area (Å²) in [6.45, 7) is 0.528. The van der Waals surface area contributed by atoms with Crippen molar-refractivity contribution < 1.29 is 9.53 Å². The van der Waals surface area contributed by atoms with E-state index < -0.39 is 0 Å². The number of hydrogen-bond acceptors (Lipinski definition) is 3. The molecule has 0 bridgehead atoms. The first-order chi connectivity index (χ1) is 9.33. The Labute approximate surface area is 117 Å². The number of Topliss-reactive ketones (excluding diaryl/α,β-unsaturated/α-hetero) is 1. The molecule has 3 heteroatoms. The quantitative estimate of drug-likeness (QED) is 0.851. The normalized spacial score (nSPS) is 17.6. The number of fused-ring (bicyclic) bond motifs is 1. The smallest absolute Gasteiger partial charge is 0.140 e. The molecule has 0 saturated heterocycles. The van der Waals surface area contributed by atoms with E-state index >= 15 is 0 Å². The predicted octanol–water partition coefficient (Wildman–Crippen LogP) is 3.50. The minimum Gasteiger partial charge on any atom is -0.493 e. The van der Waals surface area contributed by atoms with Gasteiger partial charge in [-0.25, -0.2) is 0 Å². The summed E-state index contributed by atoms with van der Waals surface area (Å²) < 4.78 is 5.68. The van der Waals surface area contributed by atoms with Gasteiger partial charge in [0, 0.05) is 11.3 Å². The molecule has 2 aromatic rings. The van der Waals surface area contributed by atoms with Crippen LogP contribution in [0.15, 0.2) is 41.8 Å². The molecule has 0 aliphatic carbocycles. The monoisotopic (exact) mass is 272 g/mol. The summed E-state index contributed by atoms with van der Waals surface area (Å²) in [7, 11) is 0. The van der Waals surface area contributed by atoms with Gasteiger partial charge in [-0.3, -0.25) is 4.79 Å². The van der Waals surface area contributed by atoms with E-state index in [1.54, 1.807) is 11.3 Å². The average Bonchev–Trinajstić information content (AvgIpc) is 2.97. The van der Waals surface area contributed by atoms with Gasteiger partial charge in [0.25, 0.3) is 0 Å². The van der Waals surface area contributed by atoms with Crippen LogP contribution in [-0.2, 0) is 17.6 Å². The lowest BCUT2D eigenvalue weighted by Crippen LogP contribution is -2.28. The number of rotatable bonds is 4. The molecule has 98 valence electrons. The van der Waals surface area contributed by atoms with Crippen molar-refractivity contribution in [2.24, 2.45) is 5.92 Å². The Morgan fingerprint density at radius 3 is 3.00 bits per heavy atom. The van der Waals surface area contributed by atoms with E-state index in [1.807, 2.05) is 30.3 Å². The van der Waals surface area contributed by atoms with Crippen molar-refractivity contribution in [3.63, 3.8) is 0 Å². The molecule has 2 nitrogen and oxygen atoms in total. The highest BCUT2D eigenvalue weighted by atomic mass is 32.1. The highest BCUT2D eigenvalue weighted by Crippen LogP contribution is 2.28. The Morgan fingerprint density at radius 1 is 1.26 bits per heavy atom. The lowest BCUT2D eigenvalue weighted by atomic mass is 9.91. The lowest BCUT2D eigenvalue weighted by molar-refractivity contribution is -0.124. The molecule has 1 aliphatic heterocycles. The zero-order chi connectivity index (χ0) is 13.1. The van der Waals surface area contributed by atoms with Crippen LogP contribution in [0.1, 0.15) is 16.9 Å². The number of benzene rings is 1. The molecule has 1 unspecified atom stereocenters. The summed E-state index contributed by atoms with van der Waals surface area (Å²) in [4.78, 5) is 13.5. The van der Waals surface area contributed by atoms with E-state index in [0.717, 1.165) is 24.2 Å². The van der Waals surface area contributed by atoms with Crippen LogP contribution in [0.4, 0.5) is 0 Å². The first-order valence-electron chi connectivity index (χ1n) is 6.59. The maximum atomic E-state index is 12.2. The molecule has 2 heterocycles. The van der Waals surface area contributed by atoms with Crippen LogP contribution in [-0.4, -0.2) is 12.4 Å². The van der Waals surface area contributed by atoms with Crippen molar-refractivity contribution in [2.45, 2.75) is 19.3 Å². The zero-order valence-corrected chi connectivity index (χ0v) is 11.5. The molecule has 1 aromatic carbocycles. The molecule has 0 N–H and O–H groups in total. The molecule has 0 radical (unpaired) electrons. The lowest BCUT2D eigenvalue weighted by Gasteiger charge is -2.24. The van der Waals surface area contributed by atoms with E-state index in [2.05, 4.69) is 11.4 Å². The third-order valence-electron chi connectivity index (χ3n) is 3.53. The minimum absolute atomic E-state index is 0.0230. The van der Waals surface area contributed by atoms with Crippen LogP contribution >= 0.6 is 11.3 Å². The predicted molar refractivity (Wildman–Crippen MR) is 76.8 cm³/mol. The third-order valence-corrected chi connectivity index (χ3v) is 4.47. The maximum Gasteiger partial charge on any atom is 0.140 e. The summed E-state index contributed by atoms with van der Waals surface area (Å²) in [5.74, 6) is 1.28. The summed E-state index contributed by atoms with van der Waals surface area (Å²) in [5.41, 5.74) is 1.16. The van der Waals surface area contributed by atoms with E-state index in [9.17, 15) is 4.79 Å². The van der Waals surface area contributed by atoms with E-state index in [1.165, 1.54) is 4.88 Å². The molecule has 1 aliphatic rings. The molecule has 1 aromatic heterocycles. The van der Waals surface area contributed by atoms with Gasteiger partial charge >= 0.3 is 0 Å². The Morgan fingerprint density at radius 2 is 2.16 bits per heavy atom. The number of ketones is 1. The fraction of sp³-hybridized carbons (Fsp3) is 0.312. The average molecular weight is 272 g/mol. The van der Waals surface area contributed by atoms with Gasteiger partial charge in [0.2, 0.25) is 0 Å². The van der Waals surface area contributed by atoms with Crippen molar-refractivity contribution in [3.8, 4) is 5.75 Å². The van der Waals surface area contributed by atoms with Gasteiger partial charge in [0.15, 0.2) is 0 Å². The van der Waals surface area contributed by atoms with Crippen LogP contribution in [0.2, 0.25) is 0 Å². The molecular formula is C16H16O2S. The largest absolute Gasteiger partial charge is 0.493 e. The van der Waals surface area contributed by atoms with Crippen molar-refractivity contribution in [2.75, 3.05) is 6.61 Å². The zero-order valence-electron chi connectivity index (χ0n) is 10.7. The standard InChI is InChI=1S/C16H16O2S/c17-15(8-7-14-5-3-9-19-14)13-10-12-4-1-2-6-16(12)18-11-13/h1-6,9,13H,7-8,10-11H2. The Hall–Kier alpha value is -1.61. The molecule has 0 fully saturated rings. The van der Waals surface area contributed by atoms with Gasteiger partial charge in [-0.2, -0.15) is 0 Å². The molecule has 3 rings (SSSR count). The Balaban J connectivity index is 1.60. The van der Waals surface area contributed by atoms with E-state index in [0.29, 0.717) is 18.8 Å². The molecular weight excluding hydrogens is 256 g/mol. The van der Waals surface area contributed by atoms with Crippen LogP contribution in [0, 0.1) is 5.92 Å². The van der Waals surface area contributed by atoms with Gasteiger partial charge in [0.1, 0.15) is 11.5 Å². The van der Waals surface area contributed by atoms with Gasteiger partial charge in [-0.05, 0) is 35.9 Å². The van der Waals surface area contributed by atoms with Gasteiger partial charge < -0.3 is 4.74 Å². The van der Waals surface area contributed by atoms with Crippen LogP contribution in [0.25, 0.3) is 0 Å². The number of aryl methyl sites for hydroxylation is 1. The Bertz CT molecular complexity index is 560. The summed E-state index contributed by atoms with van der Waals surface area (Å²) in [6.07, 6.45) is 2.30. The number of thiophene rings is 1. The molecule has 1 atom stereocenters. The van der Waals surface area contributed by atoms with Crippen LogP contribution in [0.5, 0.6) is 5.75 Å². The topological polar surface area (TPSA) is 26.3 Å². The second kappa shape index (κ2) is 5.57. The third kappa shape index (κ3) is 2.87. The van der Waals surface area contributed by atoms with E-state index in [-0.39, 0.29) is 5.92 Å². The molecule has 0 spiro atoms. The fourth-order valence-electron chi connectivity index (χ4n) is 2.44. The second-order valence-corrected chi connectivity index (χ2v) is 5.90. The summed E-state index contributed by atoms with van der Waals surface area (Å²) >= 11 is 1.72. The number of hydrogen-bond donors (Lipinski definition) is 0. The number of para-hydroxylation sites is 1. The summed E-state index contributed by atoms with van der Waals surface area (Å²) in [6, 6.07) is 12.1.